The molecule has 0 fully saturated rings. The number of hydrogen-bond acceptors (Lipinski definition) is 4. The third kappa shape index (κ3) is 4.38. The second kappa shape index (κ2) is 7.55. The Hall–Kier alpha value is -1.86. The van der Waals surface area contributed by atoms with Crippen molar-refractivity contribution in [3.8, 4) is 6.07 Å². The minimum atomic E-state index is -0.412. The van der Waals surface area contributed by atoms with Crippen molar-refractivity contribution in [1.29, 1.82) is 5.26 Å². The van der Waals surface area contributed by atoms with Gasteiger partial charge >= 0.3 is 5.97 Å². The van der Waals surface area contributed by atoms with E-state index >= 15 is 0 Å². The van der Waals surface area contributed by atoms with Crippen LogP contribution in [0.5, 0.6) is 0 Å². The zero-order valence-electron chi connectivity index (χ0n) is 10.6. The van der Waals surface area contributed by atoms with Crippen LogP contribution in [-0.4, -0.2) is 24.2 Å². The SMILES string of the molecule is CCOC(=O)Cc1c(C#N)cccc1CC(=O)CCl. The van der Waals surface area contributed by atoms with Crippen LogP contribution in [0.3, 0.4) is 0 Å². The van der Waals surface area contributed by atoms with Gasteiger partial charge in [0.2, 0.25) is 0 Å². The molecule has 0 bridgehead atoms. The summed E-state index contributed by atoms with van der Waals surface area (Å²) in [7, 11) is 0. The topological polar surface area (TPSA) is 67.2 Å². The Balaban J connectivity index is 3.06. The summed E-state index contributed by atoms with van der Waals surface area (Å²) in [5, 5.41) is 9.06. The summed E-state index contributed by atoms with van der Waals surface area (Å²) in [5.41, 5.74) is 1.58. The highest BCUT2D eigenvalue weighted by molar-refractivity contribution is 6.27. The average molecular weight is 280 g/mol. The molecular weight excluding hydrogens is 266 g/mol. The predicted molar refractivity (Wildman–Crippen MR) is 70.9 cm³/mol. The number of alkyl halides is 1. The maximum absolute atomic E-state index is 11.5. The molecule has 19 heavy (non-hydrogen) atoms. The van der Waals surface area contributed by atoms with Crippen LogP contribution >= 0.6 is 11.6 Å². The molecule has 0 saturated heterocycles. The van der Waals surface area contributed by atoms with Crippen molar-refractivity contribution < 1.29 is 14.3 Å². The van der Waals surface area contributed by atoms with Crippen molar-refractivity contribution in [1.82, 2.24) is 0 Å². The normalized spacial score (nSPS) is 9.74. The minimum Gasteiger partial charge on any atom is -0.466 e. The minimum absolute atomic E-state index is 0.0114. The molecule has 4 nitrogen and oxygen atoms in total. The van der Waals surface area contributed by atoms with Gasteiger partial charge in [-0.25, -0.2) is 0 Å². The Kier molecular flexibility index (Phi) is 6.04. The smallest absolute Gasteiger partial charge is 0.310 e. The van der Waals surface area contributed by atoms with E-state index in [1.54, 1.807) is 25.1 Å². The van der Waals surface area contributed by atoms with Crippen LogP contribution in [0, 0.1) is 11.3 Å². The summed E-state index contributed by atoms with van der Waals surface area (Å²) >= 11 is 5.48. The van der Waals surface area contributed by atoms with Crippen molar-refractivity contribution in [3.63, 3.8) is 0 Å². The van der Waals surface area contributed by atoms with E-state index in [4.69, 9.17) is 21.6 Å². The van der Waals surface area contributed by atoms with Gasteiger partial charge in [-0.3, -0.25) is 9.59 Å². The first-order chi connectivity index (χ1) is 9.12. The van der Waals surface area contributed by atoms with E-state index in [0.29, 0.717) is 16.7 Å². The number of hydrogen-bond donors (Lipinski definition) is 0. The highest BCUT2D eigenvalue weighted by Crippen LogP contribution is 2.17. The quantitative estimate of drug-likeness (QED) is 0.590. The van der Waals surface area contributed by atoms with Gasteiger partial charge in [-0.2, -0.15) is 5.26 Å². The molecular formula is C14H14ClNO3. The van der Waals surface area contributed by atoms with Crippen LogP contribution in [0.1, 0.15) is 23.6 Å². The van der Waals surface area contributed by atoms with Crippen molar-refractivity contribution in [2.24, 2.45) is 0 Å². The van der Waals surface area contributed by atoms with E-state index < -0.39 is 5.97 Å². The third-order valence-corrected chi connectivity index (χ3v) is 2.85. The number of Topliss-reactive ketones (excluding diaryl/α,β-unsaturated/α-hetero) is 1. The molecule has 0 aromatic heterocycles. The second-order valence-electron chi connectivity index (χ2n) is 3.89. The summed E-state index contributed by atoms with van der Waals surface area (Å²) in [6, 6.07) is 7.04. The lowest BCUT2D eigenvalue weighted by Gasteiger charge is -2.10. The molecule has 1 rings (SSSR count). The van der Waals surface area contributed by atoms with Crippen LogP contribution in [-0.2, 0) is 27.2 Å². The highest BCUT2D eigenvalue weighted by atomic mass is 35.5. The summed E-state index contributed by atoms with van der Waals surface area (Å²) in [5.74, 6) is -0.651. The summed E-state index contributed by atoms with van der Waals surface area (Å²) in [4.78, 5) is 23.0. The fourth-order valence-corrected chi connectivity index (χ4v) is 1.82. The van der Waals surface area contributed by atoms with Crippen molar-refractivity contribution in [3.05, 3.63) is 34.9 Å². The van der Waals surface area contributed by atoms with Crippen LogP contribution < -0.4 is 0 Å². The lowest BCUT2D eigenvalue weighted by molar-refractivity contribution is -0.142. The highest BCUT2D eigenvalue weighted by Gasteiger charge is 2.15. The molecule has 0 radical (unpaired) electrons. The second-order valence-corrected chi connectivity index (χ2v) is 4.15. The first-order valence-electron chi connectivity index (χ1n) is 5.86. The molecule has 0 aliphatic carbocycles. The largest absolute Gasteiger partial charge is 0.466 e. The van der Waals surface area contributed by atoms with Gasteiger partial charge in [-0.15, -0.1) is 11.6 Å². The van der Waals surface area contributed by atoms with Gasteiger partial charge in [0.05, 0.1) is 30.5 Å². The summed E-state index contributed by atoms with van der Waals surface area (Å²) in [6.45, 7) is 2.00. The number of nitriles is 1. The predicted octanol–water partition coefficient (Wildman–Crippen LogP) is 2.01. The van der Waals surface area contributed by atoms with E-state index in [2.05, 4.69) is 0 Å². The summed E-state index contributed by atoms with van der Waals surface area (Å²) in [6.07, 6.45) is 0.107. The molecule has 0 aliphatic rings. The van der Waals surface area contributed by atoms with Gasteiger partial charge in [0, 0.05) is 6.42 Å². The number of benzene rings is 1. The van der Waals surface area contributed by atoms with E-state index in [1.807, 2.05) is 6.07 Å². The van der Waals surface area contributed by atoms with Gasteiger partial charge in [-0.1, -0.05) is 12.1 Å². The molecule has 0 amide bonds. The average Bonchev–Trinajstić information content (AvgIpc) is 2.40. The number of ether oxygens (including phenoxy) is 1. The van der Waals surface area contributed by atoms with E-state index in [0.717, 1.165) is 0 Å². The maximum Gasteiger partial charge on any atom is 0.310 e. The van der Waals surface area contributed by atoms with Crippen LogP contribution in [0.4, 0.5) is 0 Å². The summed E-state index contributed by atoms with van der Waals surface area (Å²) < 4.78 is 4.87. The standard InChI is InChI=1S/C14H14ClNO3/c1-2-19-14(18)7-13-10(6-12(17)8-15)4-3-5-11(13)9-16/h3-5H,2,6-8H2,1H3. The molecule has 0 N–H and O–H groups in total. The molecule has 0 saturated carbocycles. The van der Waals surface area contributed by atoms with E-state index in [9.17, 15) is 9.59 Å². The molecule has 100 valence electrons. The monoisotopic (exact) mass is 279 g/mol. The zero-order chi connectivity index (χ0) is 14.3. The van der Waals surface area contributed by atoms with Gasteiger partial charge < -0.3 is 4.74 Å². The Bertz CT molecular complexity index is 520. The fourth-order valence-electron chi connectivity index (χ4n) is 1.73. The molecule has 0 spiro atoms. The number of halogens is 1. The molecule has 1 aromatic carbocycles. The number of carbonyl (C=O) groups excluding carboxylic acids is 2. The van der Waals surface area contributed by atoms with Crippen molar-refractivity contribution in [2.75, 3.05) is 12.5 Å². The number of esters is 1. The molecule has 0 heterocycles. The lowest BCUT2D eigenvalue weighted by atomic mass is 9.95. The molecule has 0 unspecified atom stereocenters. The Morgan fingerprint density at radius 1 is 1.37 bits per heavy atom. The maximum atomic E-state index is 11.5. The lowest BCUT2D eigenvalue weighted by Crippen LogP contribution is -2.13. The van der Waals surface area contributed by atoms with Crippen LogP contribution in [0.2, 0.25) is 0 Å². The molecule has 0 atom stereocenters. The fraction of sp³-hybridized carbons (Fsp3) is 0.357. The van der Waals surface area contributed by atoms with E-state index in [1.165, 1.54) is 0 Å². The number of carbonyl (C=O) groups is 2. The van der Waals surface area contributed by atoms with Crippen molar-refractivity contribution >= 4 is 23.4 Å². The molecule has 0 aliphatic heterocycles. The van der Waals surface area contributed by atoms with Gasteiger partial charge in [0.1, 0.15) is 0 Å². The first-order valence-corrected chi connectivity index (χ1v) is 6.40. The Morgan fingerprint density at radius 2 is 2.11 bits per heavy atom. The van der Waals surface area contributed by atoms with Crippen LogP contribution in [0.25, 0.3) is 0 Å². The molecule has 5 heteroatoms. The van der Waals surface area contributed by atoms with E-state index in [-0.39, 0.29) is 31.1 Å². The zero-order valence-corrected chi connectivity index (χ0v) is 11.4. The van der Waals surface area contributed by atoms with Gasteiger partial charge in [0.15, 0.2) is 5.78 Å². The van der Waals surface area contributed by atoms with Gasteiger partial charge in [-0.05, 0) is 24.1 Å². The number of ketones is 1. The Morgan fingerprint density at radius 3 is 2.68 bits per heavy atom. The van der Waals surface area contributed by atoms with Crippen LogP contribution in [0.15, 0.2) is 18.2 Å². The third-order valence-electron chi connectivity index (χ3n) is 2.56. The Labute approximate surface area is 116 Å². The van der Waals surface area contributed by atoms with Crippen molar-refractivity contribution in [2.45, 2.75) is 19.8 Å². The molecule has 1 aromatic rings. The number of rotatable bonds is 6. The first kappa shape index (κ1) is 15.2. The van der Waals surface area contributed by atoms with Gasteiger partial charge in [0.25, 0.3) is 0 Å². The number of nitrogens with zero attached hydrogens (tertiary/aromatic N) is 1.